The summed E-state index contributed by atoms with van der Waals surface area (Å²) in [5.74, 6) is -1.50. The van der Waals surface area contributed by atoms with Gasteiger partial charge in [0, 0.05) is 34.7 Å². The Hall–Kier alpha value is -2.80. The number of fused-ring (bicyclic) bond motifs is 1. The minimum Gasteiger partial charge on any atom is -0.300 e. The van der Waals surface area contributed by atoms with Gasteiger partial charge in [-0.25, -0.2) is 13.8 Å². The maximum absolute atomic E-state index is 13.4. The van der Waals surface area contributed by atoms with E-state index in [0.29, 0.717) is 5.69 Å². The van der Waals surface area contributed by atoms with Crippen LogP contribution in [0.5, 0.6) is 0 Å². The van der Waals surface area contributed by atoms with Crippen molar-refractivity contribution < 1.29 is 8.78 Å². The van der Waals surface area contributed by atoms with Gasteiger partial charge in [0.05, 0.1) is 11.4 Å². The van der Waals surface area contributed by atoms with E-state index < -0.39 is 17.2 Å². The van der Waals surface area contributed by atoms with Crippen LogP contribution in [0.1, 0.15) is 0 Å². The van der Waals surface area contributed by atoms with Gasteiger partial charge < -0.3 is 4.40 Å². The smallest absolute Gasteiger partial charge is 0.298 e. The molecule has 0 aliphatic carbocycles. The Morgan fingerprint density at radius 3 is 2.32 bits per heavy atom. The second-order valence-corrected chi connectivity index (χ2v) is 6.38. The van der Waals surface area contributed by atoms with E-state index in [0.717, 1.165) is 28.2 Å². The van der Waals surface area contributed by atoms with E-state index in [-0.39, 0.29) is 11.3 Å². The maximum atomic E-state index is 13.4. The van der Waals surface area contributed by atoms with E-state index in [1.54, 1.807) is 16.8 Å². The minimum absolute atomic E-state index is 0.109. The lowest BCUT2D eigenvalue weighted by Crippen LogP contribution is -2.20. The van der Waals surface area contributed by atoms with E-state index in [2.05, 4.69) is 20.9 Å². The molecule has 124 valence electrons. The summed E-state index contributed by atoms with van der Waals surface area (Å²) >= 11 is 3.37. The number of hydrogen-bond acceptors (Lipinski definition) is 2. The molecule has 2 aromatic heterocycles. The summed E-state index contributed by atoms with van der Waals surface area (Å²) in [5.41, 5.74) is 1.31. The van der Waals surface area contributed by atoms with Gasteiger partial charge in [-0.05, 0) is 24.3 Å². The summed E-state index contributed by atoms with van der Waals surface area (Å²) in [7, 11) is 0. The molecule has 0 amide bonds. The lowest BCUT2D eigenvalue weighted by molar-refractivity contribution is 0.581. The van der Waals surface area contributed by atoms with Crippen LogP contribution in [0.2, 0.25) is 0 Å². The summed E-state index contributed by atoms with van der Waals surface area (Å²) in [6.07, 6.45) is 4.81. The second kappa shape index (κ2) is 5.93. The lowest BCUT2D eigenvalue weighted by atomic mass is 10.2. The molecule has 0 aliphatic rings. The molecular formula is C18H10BrF2N3O. The zero-order valence-electron chi connectivity index (χ0n) is 12.7. The van der Waals surface area contributed by atoms with Crippen molar-refractivity contribution >= 4 is 21.6 Å². The van der Waals surface area contributed by atoms with E-state index in [4.69, 9.17) is 0 Å². The van der Waals surface area contributed by atoms with Crippen LogP contribution in [0.25, 0.3) is 22.6 Å². The van der Waals surface area contributed by atoms with Gasteiger partial charge in [-0.2, -0.15) is 0 Å². The minimum atomic E-state index is -0.749. The SMILES string of the molecule is O=c1c2nc(-c3ccc(Br)cc3)cn2ccn1-c1cc(F)cc(F)c1. The van der Waals surface area contributed by atoms with Crippen LogP contribution in [0.3, 0.4) is 0 Å². The summed E-state index contributed by atoms with van der Waals surface area (Å²) in [6, 6.07) is 10.5. The number of imidazole rings is 1. The van der Waals surface area contributed by atoms with Gasteiger partial charge in [0.25, 0.3) is 5.56 Å². The molecule has 0 N–H and O–H groups in total. The van der Waals surface area contributed by atoms with Crippen LogP contribution in [0, 0.1) is 11.6 Å². The fourth-order valence-electron chi connectivity index (χ4n) is 2.62. The molecule has 0 aliphatic heterocycles. The first-order valence-corrected chi connectivity index (χ1v) is 8.13. The predicted molar refractivity (Wildman–Crippen MR) is 93.8 cm³/mol. The molecule has 2 aromatic carbocycles. The van der Waals surface area contributed by atoms with Crippen molar-refractivity contribution in [2.45, 2.75) is 0 Å². The highest BCUT2D eigenvalue weighted by Gasteiger charge is 2.11. The average molecular weight is 402 g/mol. The van der Waals surface area contributed by atoms with Crippen molar-refractivity contribution in [3.05, 3.63) is 87.5 Å². The largest absolute Gasteiger partial charge is 0.300 e. The van der Waals surface area contributed by atoms with Crippen molar-refractivity contribution in [2.24, 2.45) is 0 Å². The maximum Gasteiger partial charge on any atom is 0.298 e. The molecule has 4 nitrogen and oxygen atoms in total. The highest BCUT2D eigenvalue weighted by Crippen LogP contribution is 2.21. The molecule has 4 aromatic rings. The molecule has 2 heterocycles. The molecule has 0 saturated carbocycles. The number of hydrogen-bond donors (Lipinski definition) is 0. The van der Waals surface area contributed by atoms with Crippen LogP contribution in [-0.4, -0.2) is 14.0 Å². The van der Waals surface area contributed by atoms with Crippen LogP contribution in [0.4, 0.5) is 8.78 Å². The average Bonchev–Trinajstić information content (AvgIpc) is 3.00. The first kappa shape index (κ1) is 15.7. The summed E-state index contributed by atoms with van der Waals surface area (Å²) in [6.45, 7) is 0. The number of rotatable bonds is 2. The van der Waals surface area contributed by atoms with Crippen molar-refractivity contribution in [2.75, 3.05) is 0 Å². The highest BCUT2D eigenvalue weighted by atomic mass is 79.9. The molecule has 4 rings (SSSR count). The molecule has 0 bridgehead atoms. The van der Waals surface area contributed by atoms with Gasteiger partial charge in [0.2, 0.25) is 5.65 Å². The Morgan fingerprint density at radius 2 is 1.64 bits per heavy atom. The van der Waals surface area contributed by atoms with Gasteiger partial charge in [-0.3, -0.25) is 9.36 Å². The van der Waals surface area contributed by atoms with Crippen LogP contribution in [-0.2, 0) is 0 Å². The molecule has 0 spiro atoms. The molecule has 0 fully saturated rings. The van der Waals surface area contributed by atoms with Crippen molar-refractivity contribution in [1.82, 2.24) is 14.0 Å². The second-order valence-electron chi connectivity index (χ2n) is 5.46. The predicted octanol–water partition coefficient (Wildman–Crippen LogP) is 4.19. The Morgan fingerprint density at radius 1 is 0.960 bits per heavy atom. The summed E-state index contributed by atoms with van der Waals surface area (Å²) in [5, 5.41) is 0. The van der Waals surface area contributed by atoms with Gasteiger partial charge in [-0.15, -0.1) is 0 Å². The van der Waals surface area contributed by atoms with Gasteiger partial charge in [0.15, 0.2) is 0 Å². The zero-order chi connectivity index (χ0) is 17.6. The topological polar surface area (TPSA) is 39.3 Å². The summed E-state index contributed by atoms with van der Waals surface area (Å²) in [4.78, 5) is 17.0. The standard InChI is InChI=1S/C18H10BrF2N3O/c19-12-3-1-11(2-4-12)16-10-23-5-6-24(18(25)17(23)22-16)15-8-13(20)7-14(21)9-15/h1-10H. The third kappa shape index (κ3) is 2.87. The van der Waals surface area contributed by atoms with Crippen LogP contribution >= 0.6 is 15.9 Å². The number of halogens is 3. The first-order valence-electron chi connectivity index (χ1n) is 7.34. The highest BCUT2D eigenvalue weighted by molar-refractivity contribution is 9.10. The fraction of sp³-hybridized carbons (Fsp3) is 0. The third-order valence-corrected chi connectivity index (χ3v) is 4.31. The van der Waals surface area contributed by atoms with E-state index in [9.17, 15) is 13.6 Å². The molecule has 7 heteroatoms. The first-order chi connectivity index (χ1) is 12.0. The normalized spacial score (nSPS) is 11.2. The van der Waals surface area contributed by atoms with Crippen molar-refractivity contribution in [1.29, 1.82) is 0 Å². The Kier molecular flexibility index (Phi) is 3.73. The molecule has 0 radical (unpaired) electrons. The fourth-order valence-corrected chi connectivity index (χ4v) is 2.89. The van der Waals surface area contributed by atoms with E-state index in [1.165, 1.54) is 10.8 Å². The Labute approximate surface area is 149 Å². The summed E-state index contributed by atoms with van der Waals surface area (Å²) < 4.78 is 30.6. The van der Waals surface area contributed by atoms with Crippen LogP contribution in [0.15, 0.2) is 70.3 Å². The van der Waals surface area contributed by atoms with E-state index >= 15 is 0 Å². The lowest BCUT2D eigenvalue weighted by Gasteiger charge is -2.06. The van der Waals surface area contributed by atoms with Crippen molar-refractivity contribution in [3.63, 3.8) is 0 Å². The van der Waals surface area contributed by atoms with E-state index in [1.807, 2.05) is 24.3 Å². The monoisotopic (exact) mass is 401 g/mol. The van der Waals surface area contributed by atoms with Gasteiger partial charge in [0.1, 0.15) is 11.6 Å². The molecule has 25 heavy (non-hydrogen) atoms. The number of benzene rings is 2. The van der Waals surface area contributed by atoms with Gasteiger partial charge >= 0.3 is 0 Å². The Balaban J connectivity index is 1.88. The quantitative estimate of drug-likeness (QED) is 0.505. The Bertz CT molecular complexity index is 1130. The molecular weight excluding hydrogens is 392 g/mol. The molecule has 0 unspecified atom stereocenters. The van der Waals surface area contributed by atoms with Crippen molar-refractivity contribution in [3.8, 4) is 16.9 Å². The zero-order valence-corrected chi connectivity index (χ0v) is 14.2. The van der Waals surface area contributed by atoms with Gasteiger partial charge in [-0.1, -0.05) is 28.1 Å². The van der Waals surface area contributed by atoms with Crippen LogP contribution < -0.4 is 5.56 Å². The third-order valence-electron chi connectivity index (χ3n) is 3.78. The molecule has 0 atom stereocenters. The number of aromatic nitrogens is 3. The number of nitrogens with zero attached hydrogens (tertiary/aromatic N) is 3. The molecule has 0 saturated heterocycles.